The Labute approximate surface area is 361 Å². The molecule has 8 heteroatoms. The van der Waals surface area contributed by atoms with E-state index in [0.29, 0.717) is 11.3 Å². The number of carbonyl (C=O) groups excluding carboxylic acids is 1. The van der Waals surface area contributed by atoms with E-state index in [4.69, 9.17) is 0 Å². The number of aryl methyl sites for hydroxylation is 2. The molecule has 2 N–H and O–H groups in total. The number of aldehydes is 1. The Balaban J connectivity index is 0.000000501. The number of H-pyrrole nitrogens is 1. The highest BCUT2D eigenvalue weighted by Crippen LogP contribution is 2.41. The van der Waals surface area contributed by atoms with Gasteiger partial charge >= 0.3 is 0 Å². The number of halogens is 1. The molecule has 60 heavy (non-hydrogen) atoms. The fraction of sp³-hybridized carbons (Fsp3) is 0.538. The summed E-state index contributed by atoms with van der Waals surface area (Å²) in [6, 6.07) is 20.3. The zero-order valence-electron chi connectivity index (χ0n) is 38.1. The average Bonchev–Trinajstić information content (AvgIpc) is 3.57. The highest BCUT2D eigenvalue weighted by Gasteiger charge is 2.26. The van der Waals surface area contributed by atoms with Gasteiger partial charge in [0, 0.05) is 63.1 Å². The number of benzene rings is 3. The fourth-order valence-corrected chi connectivity index (χ4v) is 9.38. The number of anilines is 2. The van der Waals surface area contributed by atoms with Crippen molar-refractivity contribution in [3.63, 3.8) is 0 Å². The number of rotatable bonds is 15. The Bertz CT molecular complexity index is 1970. The molecule has 7 rings (SSSR count). The molecular weight excluding hydrogens is 744 g/mol. The molecule has 1 aromatic heterocycles. The molecular formula is C52H75FN6O. The van der Waals surface area contributed by atoms with E-state index in [0.717, 1.165) is 114 Å². The van der Waals surface area contributed by atoms with Gasteiger partial charge in [0.15, 0.2) is 0 Å². The van der Waals surface area contributed by atoms with Crippen LogP contribution in [-0.2, 0) is 17.6 Å². The molecule has 326 valence electrons. The number of piperidine rings is 1. The van der Waals surface area contributed by atoms with Crippen molar-refractivity contribution in [3.8, 4) is 0 Å². The van der Waals surface area contributed by atoms with E-state index >= 15 is 0 Å². The fourth-order valence-electron chi connectivity index (χ4n) is 9.38. The van der Waals surface area contributed by atoms with Crippen molar-refractivity contribution in [1.29, 1.82) is 0 Å². The third-order valence-electron chi connectivity index (χ3n) is 12.7. The van der Waals surface area contributed by atoms with Crippen LogP contribution in [0.1, 0.15) is 121 Å². The molecule has 3 heterocycles. The number of nitrogens with zero attached hydrogens (tertiary/aromatic N) is 4. The molecule has 2 saturated heterocycles. The molecule has 1 atom stereocenters. The van der Waals surface area contributed by atoms with Crippen LogP contribution in [0.3, 0.4) is 0 Å². The van der Waals surface area contributed by atoms with Crippen LogP contribution in [0.5, 0.6) is 0 Å². The van der Waals surface area contributed by atoms with Crippen molar-refractivity contribution in [1.82, 2.24) is 20.4 Å². The summed E-state index contributed by atoms with van der Waals surface area (Å²) >= 11 is 0. The van der Waals surface area contributed by atoms with Crippen molar-refractivity contribution < 1.29 is 9.18 Å². The van der Waals surface area contributed by atoms with Gasteiger partial charge < -0.3 is 19.9 Å². The third-order valence-corrected chi connectivity index (χ3v) is 12.7. The largest absolute Gasteiger partial charge is 0.372 e. The van der Waals surface area contributed by atoms with Gasteiger partial charge in [-0.1, -0.05) is 90.5 Å². The lowest BCUT2D eigenvalue weighted by atomic mass is 9.86. The normalized spacial score (nSPS) is 16.8. The molecule has 1 aliphatic carbocycles. The maximum absolute atomic E-state index is 14.9. The van der Waals surface area contributed by atoms with Gasteiger partial charge in [0.2, 0.25) is 5.95 Å². The minimum Gasteiger partial charge on any atom is -0.372 e. The Morgan fingerprint density at radius 2 is 1.62 bits per heavy atom. The lowest BCUT2D eigenvalue weighted by Crippen LogP contribution is -2.49. The first kappa shape index (κ1) is 46.8. The van der Waals surface area contributed by atoms with E-state index < -0.39 is 0 Å². The van der Waals surface area contributed by atoms with E-state index in [1.54, 1.807) is 0 Å². The molecule has 7 nitrogen and oxygen atoms in total. The Morgan fingerprint density at radius 3 is 2.27 bits per heavy atom. The van der Waals surface area contributed by atoms with Crippen molar-refractivity contribution in [3.05, 3.63) is 101 Å². The van der Waals surface area contributed by atoms with Crippen LogP contribution in [0.4, 0.5) is 15.8 Å². The highest BCUT2D eigenvalue weighted by atomic mass is 19.1. The molecule has 1 unspecified atom stereocenters. The number of aromatic nitrogens is 2. The third kappa shape index (κ3) is 12.2. The predicted octanol–water partition coefficient (Wildman–Crippen LogP) is 11.4. The summed E-state index contributed by atoms with van der Waals surface area (Å²) in [6.07, 6.45) is 13.9. The van der Waals surface area contributed by atoms with Gasteiger partial charge in [-0.15, -0.1) is 0 Å². The van der Waals surface area contributed by atoms with Gasteiger partial charge in [-0.05, 0) is 147 Å². The SMILES string of the molecule is C=Cc1ccc(N2CCN(CC3CCN(c4ccc(C5=C(CC(C)C)CCCc6c5ccc5n[nH]c(F)c65)cc4)CC3)CC2)cc1CC.CC.CNCCCCC(C)C=O. The van der Waals surface area contributed by atoms with Gasteiger partial charge in [0.1, 0.15) is 6.29 Å². The maximum atomic E-state index is 14.9. The van der Waals surface area contributed by atoms with Crippen LogP contribution in [0, 0.1) is 23.7 Å². The van der Waals surface area contributed by atoms with E-state index in [1.807, 2.05) is 40.0 Å². The molecule has 3 aliphatic rings. The number of fused-ring (bicyclic) bond motifs is 3. The van der Waals surface area contributed by atoms with Crippen LogP contribution in [0.15, 0.2) is 66.7 Å². The topological polar surface area (TPSA) is 67.5 Å². The maximum Gasteiger partial charge on any atom is 0.217 e. The van der Waals surface area contributed by atoms with E-state index in [-0.39, 0.29) is 11.9 Å². The summed E-state index contributed by atoms with van der Waals surface area (Å²) in [5.41, 5.74) is 12.4. The van der Waals surface area contributed by atoms with Gasteiger partial charge in [0.05, 0.1) is 10.9 Å². The minimum absolute atomic E-state index is 0.247. The summed E-state index contributed by atoms with van der Waals surface area (Å²) in [6.45, 7) is 25.8. The number of hydrogen-bond acceptors (Lipinski definition) is 6. The highest BCUT2D eigenvalue weighted by molar-refractivity contribution is 5.93. The number of allylic oxidation sites excluding steroid dienone is 1. The molecule has 2 fully saturated rings. The van der Waals surface area contributed by atoms with E-state index in [9.17, 15) is 9.18 Å². The minimum atomic E-state index is -0.310. The number of unbranched alkanes of at least 4 members (excludes halogenated alkanes) is 1. The molecule has 2 aliphatic heterocycles. The number of aromatic amines is 1. The van der Waals surface area contributed by atoms with Crippen LogP contribution < -0.4 is 15.1 Å². The quantitative estimate of drug-likeness (QED) is 0.0920. The smallest absolute Gasteiger partial charge is 0.217 e. The Kier molecular flexibility index (Phi) is 18.4. The van der Waals surface area contributed by atoms with Crippen LogP contribution in [-0.4, -0.2) is 80.8 Å². The van der Waals surface area contributed by atoms with Gasteiger partial charge in [0.25, 0.3) is 0 Å². The molecule has 0 radical (unpaired) electrons. The molecule has 0 spiro atoms. The van der Waals surface area contributed by atoms with Crippen molar-refractivity contribution >= 4 is 40.2 Å². The number of nitrogens with one attached hydrogen (secondary N) is 2. The second-order valence-electron chi connectivity index (χ2n) is 17.4. The van der Waals surface area contributed by atoms with E-state index in [2.05, 4.69) is 106 Å². The van der Waals surface area contributed by atoms with Gasteiger partial charge in [-0.25, -0.2) is 0 Å². The summed E-state index contributed by atoms with van der Waals surface area (Å²) in [4.78, 5) is 18.0. The van der Waals surface area contributed by atoms with Crippen molar-refractivity contribution in [2.24, 2.45) is 17.8 Å². The lowest BCUT2D eigenvalue weighted by Gasteiger charge is -2.40. The molecule has 3 aromatic carbocycles. The second-order valence-corrected chi connectivity index (χ2v) is 17.4. The second kappa shape index (κ2) is 23.7. The van der Waals surface area contributed by atoms with Crippen LogP contribution in [0.25, 0.3) is 22.6 Å². The molecule has 0 saturated carbocycles. The molecule has 0 bridgehead atoms. The zero-order valence-corrected chi connectivity index (χ0v) is 38.1. The lowest BCUT2D eigenvalue weighted by molar-refractivity contribution is -0.110. The monoisotopic (exact) mass is 819 g/mol. The average molecular weight is 819 g/mol. The standard InChI is InChI=1S/C42H52FN5.C8H17NO.C2H6/c1-5-31-10-15-36(27-32(31)6-2)48-24-22-46(23-25-48)28-30-18-20-47(21-19-30)35-13-11-33(12-14-35)40-34(26-29(3)4)8-7-9-37-38(40)16-17-39-41(37)42(43)45-44-39;1-8(7-10)5-3-4-6-9-2;1-2/h5,10-17,27,29-30H,1,6-9,18-26,28H2,2-4H3,(H,44,45);7-9H,3-6H2,1-2H3;1-2H3. The van der Waals surface area contributed by atoms with Crippen molar-refractivity contribution in [2.45, 2.75) is 106 Å². The summed E-state index contributed by atoms with van der Waals surface area (Å²) in [7, 11) is 1.95. The molecule has 0 amide bonds. The van der Waals surface area contributed by atoms with Crippen molar-refractivity contribution in [2.75, 3.05) is 69.2 Å². The first-order valence-electron chi connectivity index (χ1n) is 23.3. The summed E-state index contributed by atoms with van der Waals surface area (Å²) in [5, 5.41) is 10.5. The van der Waals surface area contributed by atoms with E-state index in [1.165, 1.54) is 70.6 Å². The number of piperazine rings is 1. The van der Waals surface area contributed by atoms with Gasteiger partial charge in [-0.2, -0.15) is 9.49 Å². The Morgan fingerprint density at radius 1 is 0.917 bits per heavy atom. The van der Waals surface area contributed by atoms with Crippen LogP contribution >= 0.6 is 0 Å². The number of carbonyl (C=O) groups is 1. The summed E-state index contributed by atoms with van der Waals surface area (Å²) in [5.74, 6) is 1.27. The molecule has 4 aromatic rings. The first-order chi connectivity index (χ1) is 29.2. The first-order valence-corrected chi connectivity index (χ1v) is 23.3. The van der Waals surface area contributed by atoms with Gasteiger partial charge in [-0.3, -0.25) is 10.00 Å². The van der Waals surface area contributed by atoms with Crippen LogP contribution in [0.2, 0.25) is 0 Å². The zero-order chi connectivity index (χ0) is 43.0. The number of hydrogen-bond donors (Lipinski definition) is 2. The Hall–Kier alpha value is -4.27. The summed E-state index contributed by atoms with van der Waals surface area (Å²) < 4.78 is 14.9. The predicted molar refractivity (Wildman–Crippen MR) is 255 cm³/mol.